The highest BCUT2D eigenvalue weighted by atomic mass is 32.1. The fourth-order valence-electron chi connectivity index (χ4n) is 2.51. The van der Waals surface area contributed by atoms with Gasteiger partial charge in [0, 0.05) is 12.2 Å². The molecule has 0 radical (unpaired) electrons. The van der Waals surface area contributed by atoms with E-state index in [0.717, 1.165) is 25.1 Å². The van der Waals surface area contributed by atoms with Crippen molar-refractivity contribution in [3.63, 3.8) is 0 Å². The molecule has 1 aliphatic rings. The van der Waals surface area contributed by atoms with Crippen LogP contribution < -0.4 is 4.90 Å². The van der Waals surface area contributed by atoms with Crippen molar-refractivity contribution in [3.8, 4) is 0 Å². The van der Waals surface area contributed by atoms with Crippen LogP contribution in [-0.4, -0.2) is 32.3 Å². The Kier molecular flexibility index (Phi) is 2.53. The predicted molar refractivity (Wildman–Crippen MR) is 75.1 cm³/mol. The lowest BCUT2D eigenvalue weighted by Gasteiger charge is -2.28. The van der Waals surface area contributed by atoms with Crippen molar-refractivity contribution in [1.82, 2.24) is 19.8 Å². The third-order valence-electron chi connectivity index (χ3n) is 3.43. The lowest BCUT2D eigenvalue weighted by molar-refractivity contribution is 0.0983. The van der Waals surface area contributed by atoms with Gasteiger partial charge in [-0.1, -0.05) is 29.5 Å². The van der Waals surface area contributed by atoms with Gasteiger partial charge in [-0.15, -0.1) is 15.3 Å². The normalized spacial score (nSPS) is 14.5. The third kappa shape index (κ3) is 1.70. The van der Waals surface area contributed by atoms with E-state index in [4.69, 9.17) is 0 Å². The zero-order valence-electron chi connectivity index (χ0n) is 10.6. The van der Waals surface area contributed by atoms with E-state index in [2.05, 4.69) is 21.4 Å². The molecule has 0 atom stereocenters. The van der Waals surface area contributed by atoms with Crippen molar-refractivity contribution in [3.05, 3.63) is 41.2 Å². The molecule has 0 spiro atoms. The second-order valence-electron chi connectivity index (χ2n) is 4.65. The minimum Gasteiger partial charge on any atom is -0.306 e. The SMILES string of the molecule is O=C(c1nn2cnnc2s1)N1CCCc2ccccc21. The van der Waals surface area contributed by atoms with Gasteiger partial charge >= 0.3 is 0 Å². The number of hydrogen-bond donors (Lipinski definition) is 0. The minimum absolute atomic E-state index is 0.0624. The first kappa shape index (κ1) is 11.5. The van der Waals surface area contributed by atoms with Crippen molar-refractivity contribution in [2.24, 2.45) is 0 Å². The maximum atomic E-state index is 12.6. The number of amides is 1. The molecule has 3 heterocycles. The lowest BCUT2D eigenvalue weighted by atomic mass is 10.0. The maximum absolute atomic E-state index is 12.6. The number of nitrogens with zero attached hydrogens (tertiary/aromatic N) is 5. The summed E-state index contributed by atoms with van der Waals surface area (Å²) in [5, 5.41) is 12.3. The number of benzene rings is 1. The van der Waals surface area contributed by atoms with Crippen LogP contribution in [0.5, 0.6) is 0 Å². The van der Waals surface area contributed by atoms with Crippen LogP contribution in [0.3, 0.4) is 0 Å². The number of anilines is 1. The predicted octanol–water partition coefficient (Wildman–Crippen LogP) is 1.78. The Morgan fingerprint density at radius 1 is 1.30 bits per heavy atom. The smallest absolute Gasteiger partial charge is 0.289 e. The molecule has 100 valence electrons. The number of para-hydroxylation sites is 1. The fourth-order valence-corrected chi connectivity index (χ4v) is 3.27. The summed E-state index contributed by atoms with van der Waals surface area (Å²) in [6.45, 7) is 0.732. The van der Waals surface area contributed by atoms with E-state index in [-0.39, 0.29) is 5.91 Å². The monoisotopic (exact) mass is 285 g/mol. The van der Waals surface area contributed by atoms with E-state index in [1.165, 1.54) is 27.7 Å². The molecule has 0 saturated heterocycles. The number of aromatic nitrogens is 4. The van der Waals surface area contributed by atoms with Crippen molar-refractivity contribution >= 4 is 27.9 Å². The van der Waals surface area contributed by atoms with Gasteiger partial charge < -0.3 is 4.90 Å². The number of carbonyl (C=O) groups is 1. The van der Waals surface area contributed by atoms with Crippen molar-refractivity contribution in [2.45, 2.75) is 12.8 Å². The number of carbonyl (C=O) groups excluding carboxylic acids is 1. The Hall–Kier alpha value is -2.28. The standard InChI is InChI=1S/C13H11N5OS/c19-12(11-16-18-8-14-15-13(18)20-11)17-7-3-5-9-4-1-2-6-10(9)17/h1-2,4,6,8H,3,5,7H2. The highest BCUT2D eigenvalue weighted by Gasteiger charge is 2.26. The van der Waals surface area contributed by atoms with Gasteiger partial charge in [0.25, 0.3) is 5.91 Å². The van der Waals surface area contributed by atoms with E-state index in [1.54, 1.807) is 0 Å². The van der Waals surface area contributed by atoms with E-state index in [9.17, 15) is 4.79 Å². The molecule has 6 nitrogen and oxygen atoms in total. The number of hydrogen-bond acceptors (Lipinski definition) is 5. The van der Waals surface area contributed by atoms with Gasteiger partial charge in [-0.3, -0.25) is 4.79 Å². The highest BCUT2D eigenvalue weighted by Crippen LogP contribution is 2.28. The Labute approximate surface area is 118 Å². The first-order chi connectivity index (χ1) is 9.83. The molecule has 1 aromatic carbocycles. The molecule has 0 bridgehead atoms. The third-order valence-corrected chi connectivity index (χ3v) is 4.33. The van der Waals surface area contributed by atoms with Gasteiger partial charge in [-0.25, -0.2) is 0 Å². The van der Waals surface area contributed by atoms with E-state index in [0.29, 0.717) is 9.97 Å². The molecule has 0 fully saturated rings. The molecule has 20 heavy (non-hydrogen) atoms. The van der Waals surface area contributed by atoms with E-state index >= 15 is 0 Å². The molecule has 7 heteroatoms. The highest BCUT2D eigenvalue weighted by molar-refractivity contribution is 7.18. The first-order valence-electron chi connectivity index (χ1n) is 6.39. The van der Waals surface area contributed by atoms with Crippen LogP contribution in [0, 0.1) is 0 Å². The quantitative estimate of drug-likeness (QED) is 0.683. The summed E-state index contributed by atoms with van der Waals surface area (Å²) >= 11 is 1.27. The van der Waals surface area contributed by atoms with Gasteiger partial charge in [0.1, 0.15) is 6.33 Å². The van der Waals surface area contributed by atoms with Gasteiger partial charge in [0.15, 0.2) is 0 Å². The topological polar surface area (TPSA) is 63.4 Å². The maximum Gasteiger partial charge on any atom is 0.289 e. The number of fused-ring (bicyclic) bond motifs is 2. The van der Waals surface area contributed by atoms with Crippen molar-refractivity contribution in [2.75, 3.05) is 11.4 Å². The minimum atomic E-state index is -0.0624. The molecule has 3 aromatic rings. The number of rotatable bonds is 1. The second-order valence-corrected chi connectivity index (χ2v) is 5.61. The second kappa shape index (κ2) is 4.38. The molecule has 0 aliphatic carbocycles. The van der Waals surface area contributed by atoms with Crippen molar-refractivity contribution < 1.29 is 4.79 Å². The molecule has 1 aliphatic heterocycles. The van der Waals surface area contributed by atoms with Crippen LogP contribution in [0.4, 0.5) is 5.69 Å². The summed E-state index contributed by atoms with van der Waals surface area (Å²) in [5.74, 6) is -0.0624. The van der Waals surface area contributed by atoms with Gasteiger partial charge in [-0.05, 0) is 24.5 Å². The molecule has 0 saturated carbocycles. The average molecular weight is 285 g/mol. The Morgan fingerprint density at radius 2 is 2.20 bits per heavy atom. The van der Waals surface area contributed by atoms with Gasteiger partial charge in [0.2, 0.25) is 9.97 Å². The summed E-state index contributed by atoms with van der Waals surface area (Å²) < 4.78 is 1.54. The summed E-state index contributed by atoms with van der Waals surface area (Å²) in [7, 11) is 0. The van der Waals surface area contributed by atoms with Crippen molar-refractivity contribution in [1.29, 1.82) is 0 Å². The van der Waals surface area contributed by atoms with Gasteiger partial charge in [-0.2, -0.15) is 4.52 Å². The Bertz CT molecular complexity index is 764. The van der Waals surface area contributed by atoms with Crippen LogP contribution in [0.1, 0.15) is 21.8 Å². The molecule has 0 unspecified atom stereocenters. The molecule has 0 N–H and O–H groups in total. The zero-order chi connectivity index (χ0) is 13.5. The molecule has 2 aromatic heterocycles. The number of aryl methyl sites for hydroxylation is 1. The molecular formula is C13H11N5OS. The summed E-state index contributed by atoms with van der Waals surface area (Å²) in [6, 6.07) is 8.04. The average Bonchev–Trinajstić information content (AvgIpc) is 3.07. The molecule has 1 amide bonds. The van der Waals surface area contributed by atoms with E-state index < -0.39 is 0 Å². The van der Waals surface area contributed by atoms with Crippen LogP contribution in [-0.2, 0) is 6.42 Å². The molecule has 4 rings (SSSR count). The summed E-state index contributed by atoms with van der Waals surface area (Å²) in [5.41, 5.74) is 2.21. The van der Waals surface area contributed by atoms with E-state index in [1.807, 2.05) is 23.1 Å². The van der Waals surface area contributed by atoms with Crippen LogP contribution in [0.2, 0.25) is 0 Å². The first-order valence-corrected chi connectivity index (χ1v) is 7.21. The Morgan fingerprint density at radius 3 is 3.10 bits per heavy atom. The lowest BCUT2D eigenvalue weighted by Crippen LogP contribution is -2.35. The van der Waals surface area contributed by atoms with Crippen LogP contribution in [0.15, 0.2) is 30.6 Å². The summed E-state index contributed by atoms with van der Waals surface area (Å²) in [4.78, 5) is 15.1. The van der Waals surface area contributed by atoms with Gasteiger partial charge in [0.05, 0.1) is 0 Å². The summed E-state index contributed by atoms with van der Waals surface area (Å²) in [6.07, 6.45) is 3.50. The molecular weight excluding hydrogens is 274 g/mol. The fraction of sp³-hybridized carbons (Fsp3) is 0.231. The van der Waals surface area contributed by atoms with Crippen LogP contribution >= 0.6 is 11.3 Å². The zero-order valence-corrected chi connectivity index (χ0v) is 11.4. The Balaban J connectivity index is 1.74. The van der Waals surface area contributed by atoms with Crippen LogP contribution in [0.25, 0.3) is 4.96 Å². The largest absolute Gasteiger partial charge is 0.306 e.